The number of hydrogen-bond donors (Lipinski definition) is 1. The van der Waals surface area contributed by atoms with Gasteiger partial charge in [-0.1, -0.05) is 0 Å². The molecule has 2 N–H and O–H groups in total. The summed E-state index contributed by atoms with van der Waals surface area (Å²) in [6.45, 7) is 0. The molecule has 0 radical (unpaired) electrons. The molecule has 1 aliphatic rings. The quantitative estimate of drug-likeness (QED) is 0.839. The fourth-order valence-corrected chi connectivity index (χ4v) is 2.40. The third kappa shape index (κ3) is 3.77. The van der Waals surface area contributed by atoms with Crippen LogP contribution in [-0.4, -0.2) is 36.1 Å². The Balaban J connectivity index is 1.87. The zero-order valence-electron chi connectivity index (χ0n) is 11.9. The standard InChI is InChI=1S/C13H16F3N3O3/c1-21-12(20)9-6-22-11(19-9)4-2-3-8-7(13(14,15)16)5-10(17)18-8/h6-8H,2-5H2,1H3,(H2,17,18)/t7-,8+/m0/s1. The summed E-state index contributed by atoms with van der Waals surface area (Å²) in [7, 11) is 1.22. The third-order valence-electron chi connectivity index (χ3n) is 3.48. The van der Waals surface area contributed by atoms with Crippen LogP contribution in [0.5, 0.6) is 0 Å². The monoisotopic (exact) mass is 319 g/mol. The summed E-state index contributed by atoms with van der Waals surface area (Å²) in [5.74, 6) is -1.83. The fraction of sp³-hybridized carbons (Fsp3) is 0.615. The average Bonchev–Trinajstić information content (AvgIpc) is 3.04. The number of alkyl halides is 3. The molecule has 0 bridgehead atoms. The Morgan fingerprint density at radius 1 is 1.55 bits per heavy atom. The molecule has 6 nitrogen and oxygen atoms in total. The minimum atomic E-state index is -4.31. The average molecular weight is 319 g/mol. The van der Waals surface area contributed by atoms with Gasteiger partial charge in [0.05, 0.1) is 24.9 Å². The zero-order valence-corrected chi connectivity index (χ0v) is 11.9. The maximum Gasteiger partial charge on any atom is 0.394 e. The Labute approximate surface area is 124 Å². The molecule has 0 amide bonds. The van der Waals surface area contributed by atoms with E-state index in [2.05, 4.69) is 14.7 Å². The van der Waals surface area contributed by atoms with Crippen molar-refractivity contribution in [2.75, 3.05) is 7.11 Å². The van der Waals surface area contributed by atoms with Gasteiger partial charge in [0, 0.05) is 12.8 Å². The molecule has 1 aliphatic heterocycles. The Morgan fingerprint density at radius 2 is 2.27 bits per heavy atom. The number of ether oxygens (including phenoxy) is 1. The first-order valence-corrected chi connectivity index (χ1v) is 6.73. The van der Waals surface area contributed by atoms with E-state index in [1.165, 1.54) is 7.11 Å². The highest BCUT2D eigenvalue weighted by molar-refractivity contribution is 5.86. The SMILES string of the molecule is COC(=O)c1coc(CCC[C@H]2N=C(N)C[C@@H]2C(F)(F)F)n1. The van der Waals surface area contributed by atoms with Gasteiger partial charge in [-0.15, -0.1) is 0 Å². The van der Waals surface area contributed by atoms with Crippen LogP contribution in [0.2, 0.25) is 0 Å². The minimum Gasteiger partial charge on any atom is -0.464 e. The van der Waals surface area contributed by atoms with Gasteiger partial charge in [0.1, 0.15) is 6.26 Å². The van der Waals surface area contributed by atoms with Crippen LogP contribution >= 0.6 is 0 Å². The maximum absolute atomic E-state index is 12.9. The van der Waals surface area contributed by atoms with Crippen LogP contribution in [0.3, 0.4) is 0 Å². The largest absolute Gasteiger partial charge is 0.464 e. The first-order chi connectivity index (χ1) is 10.3. The molecular weight excluding hydrogens is 303 g/mol. The Hall–Kier alpha value is -2.06. The first-order valence-electron chi connectivity index (χ1n) is 6.73. The molecule has 9 heteroatoms. The summed E-state index contributed by atoms with van der Waals surface area (Å²) in [5.41, 5.74) is 5.45. The normalized spacial score (nSPS) is 21.7. The lowest BCUT2D eigenvalue weighted by Gasteiger charge is -2.20. The highest BCUT2D eigenvalue weighted by atomic mass is 19.4. The number of nitrogens with two attached hydrogens (primary N) is 1. The summed E-state index contributed by atoms with van der Waals surface area (Å²) in [6.07, 6.45) is -2.47. The second-order valence-electron chi connectivity index (χ2n) is 5.05. The first kappa shape index (κ1) is 16.3. The molecule has 0 saturated heterocycles. The van der Waals surface area contributed by atoms with E-state index in [1.54, 1.807) is 0 Å². The topological polar surface area (TPSA) is 90.7 Å². The molecule has 0 aromatic carbocycles. The highest BCUT2D eigenvalue weighted by Gasteiger charge is 2.47. The lowest BCUT2D eigenvalue weighted by molar-refractivity contribution is -0.176. The number of amidine groups is 1. The smallest absolute Gasteiger partial charge is 0.394 e. The Kier molecular flexibility index (Phi) is 4.72. The van der Waals surface area contributed by atoms with E-state index in [0.717, 1.165) is 6.26 Å². The van der Waals surface area contributed by atoms with Gasteiger partial charge < -0.3 is 14.9 Å². The van der Waals surface area contributed by atoms with Crippen LogP contribution in [-0.2, 0) is 11.2 Å². The van der Waals surface area contributed by atoms with Crippen molar-refractivity contribution in [3.8, 4) is 0 Å². The number of rotatable bonds is 5. The molecular formula is C13H16F3N3O3. The van der Waals surface area contributed by atoms with Crippen molar-refractivity contribution in [2.45, 2.75) is 37.9 Å². The number of halogens is 3. The number of carbonyl (C=O) groups is 1. The van der Waals surface area contributed by atoms with Crippen LogP contribution in [0, 0.1) is 5.92 Å². The van der Waals surface area contributed by atoms with Crippen molar-refractivity contribution in [3.63, 3.8) is 0 Å². The van der Waals surface area contributed by atoms with E-state index in [9.17, 15) is 18.0 Å². The van der Waals surface area contributed by atoms with E-state index >= 15 is 0 Å². The van der Waals surface area contributed by atoms with E-state index in [0.29, 0.717) is 12.8 Å². The van der Waals surface area contributed by atoms with Gasteiger partial charge >= 0.3 is 12.1 Å². The van der Waals surface area contributed by atoms with Crippen LogP contribution in [0.4, 0.5) is 13.2 Å². The van der Waals surface area contributed by atoms with Crippen LogP contribution < -0.4 is 5.73 Å². The van der Waals surface area contributed by atoms with Crippen LogP contribution in [0.1, 0.15) is 35.6 Å². The van der Waals surface area contributed by atoms with E-state index in [1.807, 2.05) is 0 Å². The number of hydrogen-bond acceptors (Lipinski definition) is 6. The van der Waals surface area contributed by atoms with Gasteiger partial charge in [0.15, 0.2) is 11.6 Å². The third-order valence-corrected chi connectivity index (χ3v) is 3.48. The molecule has 0 aliphatic carbocycles. The molecule has 2 heterocycles. The van der Waals surface area contributed by atoms with Crippen molar-refractivity contribution in [3.05, 3.63) is 17.8 Å². The molecule has 1 aromatic heterocycles. The van der Waals surface area contributed by atoms with Gasteiger partial charge in [0.25, 0.3) is 0 Å². The molecule has 0 saturated carbocycles. The van der Waals surface area contributed by atoms with Gasteiger partial charge in [-0.2, -0.15) is 13.2 Å². The Morgan fingerprint density at radius 3 is 2.91 bits per heavy atom. The van der Waals surface area contributed by atoms with Gasteiger partial charge in [-0.3, -0.25) is 4.99 Å². The summed E-state index contributed by atoms with van der Waals surface area (Å²) in [5, 5.41) is 0. The van der Waals surface area contributed by atoms with Crippen molar-refractivity contribution in [2.24, 2.45) is 16.6 Å². The number of aryl methyl sites for hydroxylation is 1. The molecule has 0 fully saturated rings. The number of aromatic nitrogens is 1. The van der Waals surface area contributed by atoms with E-state index in [-0.39, 0.29) is 30.3 Å². The number of carbonyl (C=O) groups excluding carboxylic acids is 1. The van der Waals surface area contributed by atoms with Crippen molar-refractivity contribution < 1.29 is 27.1 Å². The molecule has 0 spiro atoms. The van der Waals surface area contributed by atoms with Crippen molar-refractivity contribution >= 4 is 11.8 Å². The van der Waals surface area contributed by atoms with Crippen LogP contribution in [0.25, 0.3) is 0 Å². The zero-order chi connectivity index (χ0) is 16.3. The van der Waals surface area contributed by atoms with Gasteiger partial charge in [-0.25, -0.2) is 9.78 Å². The number of esters is 1. The summed E-state index contributed by atoms with van der Waals surface area (Å²) < 4.78 is 48.1. The second kappa shape index (κ2) is 6.37. The van der Waals surface area contributed by atoms with Crippen LogP contribution in [0.15, 0.2) is 15.7 Å². The molecule has 0 unspecified atom stereocenters. The molecule has 2 atom stereocenters. The highest BCUT2D eigenvalue weighted by Crippen LogP contribution is 2.37. The predicted octanol–water partition coefficient (Wildman–Crippen LogP) is 2.09. The minimum absolute atomic E-state index is 0.0359. The summed E-state index contributed by atoms with van der Waals surface area (Å²) in [6, 6.07) is -0.866. The molecule has 22 heavy (non-hydrogen) atoms. The van der Waals surface area contributed by atoms with Crippen molar-refractivity contribution in [1.82, 2.24) is 4.98 Å². The number of nitrogens with zero attached hydrogens (tertiary/aromatic N) is 2. The Bertz CT molecular complexity index is 568. The second-order valence-corrected chi connectivity index (χ2v) is 5.05. The summed E-state index contributed by atoms with van der Waals surface area (Å²) in [4.78, 5) is 19.0. The summed E-state index contributed by atoms with van der Waals surface area (Å²) >= 11 is 0. The fourth-order valence-electron chi connectivity index (χ4n) is 2.40. The lowest BCUT2D eigenvalue weighted by Crippen LogP contribution is -2.30. The molecule has 2 rings (SSSR count). The van der Waals surface area contributed by atoms with E-state index < -0.39 is 24.1 Å². The number of aliphatic imine (C=N–C) groups is 1. The van der Waals surface area contributed by atoms with E-state index in [4.69, 9.17) is 10.2 Å². The van der Waals surface area contributed by atoms with Gasteiger partial charge in [0.2, 0.25) is 0 Å². The number of methoxy groups -OCH3 is 1. The predicted molar refractivity (Wildman–Crippen MR) is 70.4 cm³/mol. The molecule has 1 aromatic rings. The van der Waals surface area contributed by atoms with Crippen molar-refractivity contribution in [1.29, 1.82) is 0 Å². The number of oxazole rings is 1. The lowest BCUT2D eigenvalue weighted by atomic mass is 9.94. The molecule has 122 valence electrons. The van der Waals surface area contributed by atoms with Gasteiger partial charge in [-0.05, 0) is 12.8 Å². The maximum atomic E-state index is 12.9.